The van der Waals surface area contributed by atoms with Crippen LogP contribution in [0.3, 0.4) is 0 Å². The number of aromatic nitrogens is 2. The molecule has 1 saturated heterocycles. The minimum atomic E-state index is -0.820. The molecule has 1 amide bonds. The van der Waals surface area contributed by atoms with E-state index in [0.717, 1.165) is 23.5 Å². The van der Waals surface area contributed by atoms with Crippen LogP contribution in [-0.4, -0.2) is 51.7 Å². The largest absolute Gasteiger partial charge is 0.336 e. The van der Waals surface area contributed by atoms with Crippen molar-refractivity contribution < 1.29 is 13.6 Å². The van der Waals surface area contributed by atoms with E-state index in [1.54, 1.807) is 0 Å². The number of carbonyl (C=O) groups excluding carboxylic acids is 1. The van der Waals surface area contributed by atoms with Crippen LogP contribution >= 0.6 is 0 Å². The molecule has 5 nitrogen and oxygen atoms in total. The highest BCUT2D eigenvalue weighted by atomic mass is 19.1. The molecule has 0 bridgehead atoms. The Labute approximate surface area is 161 Å². The Morgan fingerprint density at radius 1 is 0.893 bits per heavy atom. The number of piperazine rings is 1. The summed E-state index contributed by atoms with van der Waals surface area (Å²) in [4.78, 5) is 16.2. The van der Waals surface area contributed by atoms with Crippen molar-refractivity contribution in [3.8, 4) is 5.69 Å². The normalized spacial score (nSPS) is 15.0. The molecular weight excluding hydrogens is 362 g/mol. The molecule has 1 aliphatic rings. The maximum Gasteiger partial charge on any atom is 0.259 e. The van der Waals surface area contributed by atoms with Gasteiger partial charge in [-0.15, -0.1) is 0 Å². The summed E-state index contributed by atoms with van der Waals surface area (Å²) in [5, 5.41) is 4.59. The van der Waals surface area contributed by atoms with E-state index in [0.29, 0.717) is 32.7 Å². The van der Waals surface area contributed by atoms with Crippen molar-refractivity contribution in [2.24, 2.45) is 0 Å². The van der Waals surface area contributed by atoms with Gasteiger partial charge in [0.1, 0.15) is 17.2 Å². The summed E-state index contributed by atoms with van der Waals surface area (Å²) in [6.45, 7) is 2.76. The third-order valence-corrected chi connectivity index (χ3v) is 4.89. The van der Waals surface area contributed by atoms with Gasteiger partial charge in [0.25, 0.3) is 5.91 Å². The fraction of sp³-hybridized carbons (Fsp3) is 0.238. The Morgan fingerprint density at radius 2 is 1.57 bits per heavy atom. The average molecular weight is 382 g/mol. The zero-order chi connectivity index (χ0) is 19.5. The third kappa shape index (κ3) is 3.80. The number of nitrogens with zero attached hydrogens (tertiary/aromatic N) is 4. The molecule has 0 spiro atoms. The SMILES string of the molecule is O=C(c1c(F)cccc1F)N1CCN(Cc2ccn(-c3ccccc3)n2)CC1. The van der Waals surface area contributed by atoms with Crippen molar-refractivity contribution >= 4 is 5.91 Å². The monoisotopic (exact) mass is 382 g/mol. The molecule has 0 unspecified atom stereocenters. The fourth-order valence-electron chi connectivity index (χ4n) is 3.37. The van der Waals surface area contributed by atoms with Crippen molar-refractivity contribution in [2.45, 2.75) is 6.54 Å². The number of para-hydroxylation sites is 1. The highest BCUT2D eigenvalue weighted by Crippen LogP contribution is 2.17. The smallest absolute Gasteiger partial charge is 0.259 e. The van der Waals surface area contributed by atoms with Gasteiger partial charge in [-0.3, -0.25) is 9.69 Å². The van der Waals surface area contributed by atoms with Gasteiger partial charge in [-0.2, -0.15) is 5.10 Å². The number of carbonyl (C=O) groups is 1. The Morgan fingerprint density at radius 3 is 2.25 bits per heavy atom. The summed E-state index contributed by atoms with van der Waals surface area (Å²) < 4.78 is 29.5. The molecule has 1 aromatic heterocycles. The number of hydrogen-bond acceptors (Lipinski definition) is 3. The van der Waals surface area contributed by atoms with E-state index < -0.39 is 23.1 Å². The van der Waals surface area contributed by atoms with Gasteiger partial charge in [0.2, 0.25) is 0 Å². The summed E-state index contributed by atoms with van der Waals surface area (Å²) >= 11 is 0. The van der Waals surface area contributed by atoms with Crippen molar-refractivity contribution in [1.29, 1.82) is 0 Å². The van der Waals surface area contributed by atoms with Gasteiger partial charge in [0, 0.05) is 38.9 Å². The van der Waals surface area contributed by atoms with Crippen LogP contribution in [-0.2, 0) is 6.54 Å². The van der Waals surface area contributed by atoms with Gasteiger partial charge in [0.05, 0.1) is 11.4 Å². The maximum absolute atomic E-state index is 13.9. The zero-order valence-electron chi connectivity index (χ0n) is 15.3. The first-order valence-electron chi connectivity index (χ1n) is 9.17. The van der Waals surface area contributed by atoms with Gasteiger partial charge in [-0.25, -0.2) is 13.5 Å². The number of halogens is 2. The quantitative estimate of drug-likeness (QED) is 0.696. The van der Waals surface area contributed by atoms with Gasteiger partial charge < -0.3 is 4.90 Å². The lowest BCUT2D eigenvalue weighted by Gasteiger charge is -2.34. The molecule has 1 fully saturated rings. The molecule has 3 aromatic rings. The summed E-state index contributed by atoms with van der Waals surface area (Å²) in [5.41, 5.74) is 1.46. The summed E-state index contributed by atoms with van der Waals surface area (Å²) in [7, 11) is 0. The standard InChI is InChI=1S/C21H20F2N4O/c22-18-7-4-8-19(23)20(18)21(28)26-13-11-25(12-14-26)15-16-9-10-27(24-16)17-5-2-1-3-6-17/h1-10H,11-15H2. The topological polar surface area (TPSA) is 41.4 Å². The highest BCUT2D eigenvalue weighted by Gasteiger charge is 2.26. The fourth-order valence-corrected chi connectivity index (χ4v) is 3.37. The third-order valence-electron chi connectivity index (χ3n) is 4.89. The van der Waals surface area contributed by atoms with E-state index in [4.69, 9.17) is 0 Å². The molecule has 0 N–H and O–H groups in total. The van der Waals surface area contributed by atoms with Gasteiger partial charge in [0.15, 0.2) is 0 Å². The Bertz CT molecular complexity index is 945. The van der Waals surface area contributed by atoms with Crippen LogP contribution in [0.4, 0.5) is 8.78 Å². The molecular formula is C21H20F2N4O. The van der Waals surface area contributed by atoms with E-state index in [1.807, 2.05) is 47.3 Å². The first kappa shape index (κ1) is 18.3. The van der Waals surface area contributed by atoms with Gasteiger partial charge in [-0.1, -0.05) is 24.3 Å². The maximum atomic E-state index is 13.9. The van der Waals surface area contributed by atoms with E-state index in [2.05, 4.69) is 10.00 Å². The minimum absolute atomic E-state index is 0.423. The second kappa shape index (κ2) is 7.90. The molecule has 144 valence electrons. The predicted octanol–water partition coefficient (Wildman–Crippen LogP) is 3.11. The number of amides is 1. The van der Waals surface area contributed by atoms with Crippen LogP contribution in [0.1, 0.15) is 16.1 Å². The zero-order valence-corrected chi connectivity index (χ0v) is 15.3. The van der Waals surface area contributed by atoms with Crippen molar-refractivity contribution in [1.82, 2.24) is 19.6 Å². The second-order valence-electron chi connectivity index (χ2n) is 6.75. The lowest BCUT2D eigenvalue weighted by molar-refractivity contribution is 0.0617. The molecule has 2 heterocycles. The van der Waals surface area contributed by atoms with Crippen molar-refractivity contribution in [3.05, 3.63) is 83.7 Å². The van der Waals surface area contributed by atoms with E-state index in [-0.39, 0.29) is 0 Å². The molecule has 28 heavy (non-hydrogen) atoms. The van der Waals surface area contributed by atoms with Gasteiger partial charge >= 0.3 is 0 Å². The Hall–Kier alpha value is -3.06. The molecule has 4 rings (SSSR count). The molecule has 0 radical (unpaired) electrons. The van der Waals surface area contributed by atoms with Crippen LogP contribution in [0.2, 0.25) is 0 Å². The van der Waals surface area contributed by atoms with Crippen molar-refractivity contribution in [3.63, 3.8) is 0 Å². The molecule has 1 aliphatic heterocycles. The molecule has 2 aromatic carbocycles. The first-order valence-corrected chi connectivity index (χ1v) is 9.17. The van der Waals surface area contributed by atoms with E-state index >= 15 is 0 Å². The predicted molar refractivity (Wildman–Crippen MR) is 101 cm³/mol. The molecule has 0 atom stereocenters. The number of benzene rings is 2. The van der Waals surface area contributed by atoms with Crippen LogP contribution in [0.5, 0.6) is 0 Å². The van der Waals surface area contributed by atoms with E-state index in [1.165, 1.54) is 11.0 Å². The Balaban J connectivity index is 1.36. The highest BCUT2D eigenvalue weighted by molar-refractivity contribution is 5.94. The van der Waals surface area contributed by atoms with Gasteiger partial charge in [-0.05, 0) is 30.3 Å². The van der Waals surface area contributed by atoms with Crippen LogP contribution in [0, 0.1) is 11.6 Å². The Kier molecular flexibility index (Phi) is 5.16. The minimum Gasteiger partial charge on any atom is -0.336 e. The molecule has 0 aliphatic carbocycles. The second-order valence-corrected chi connectivity index (χ2v) is 6.75. The lowest BCUT2D eigenvalue weighted by atomic mass is 10.1. The molecule has 0 saturated carbocycles. The first-order chi connectivity index (χ1) is 13.6. The average Bonchev–Trinajstić information content (AvgIpc) is 3.17. The number of hydrogen-bond donors (Lipinski definition) is 0. The lowest BCUT2D eigenvalue weighted by Crippen LogP contribution is -2.48. The van der Waals surface area contributed by atoms with E-state index in [9.17, 15) is 13.6 Å². The van der Waals surface area contributed by atoms with Crippen LogP contribution in [0.15, 0.2) is 60.8 Å². The van der Waals surface area contributed by atoms with Crippen LogP contribution < -0.4 is 0 Å². The summed E-state index contributed by atoms with van der Waals surface area (Å²) in [5.74, 6) is -2.23. The summed E-state index contributed by atoms with van der Waals surface area (Å²) in [6, 6.07) is 15.3. The summed E-state index contributed by atoms with van der Waals surface area (Å²) in [6.07, 6.45) is 1.92. The molecule has 7 heteroatoms. The van der Waals surface area contributed by atoms with Crippen LogP contribution in [0.25, 0.3) is 5.69 Å². The number of rotatable bonds is 4. The van der Waals surface area contributed by atoms with Crippen molar-refractivity contribution in [2.75, 3.05) is 26.2 Å².